The Morgan fingerprint density at radius 1 is 0.970 bits per heavy atom. The molecule has 1 aromatic carbocycles. The van der Waals surface area contributed by atoms with Crippen molar-refractivity contribution >= 4 is 28.9 Å². The van der Waals surface area contributed by atoms with Gasteiger partial charge >= 0.3 is 0 Å². The molecule has 1 atom stereocenters. The lowest BCUT2D eigenvalue weighted by atomic mass is 9.89. The van der Waals surface area contributed by atoms with Gasteiger partial charge in [-0.3, -0.25) is 4.79 Å². The summed E-state index contributed by atoms with van der Waals surface area (Å²) >= 11 is 0. The Kier molecular flexibility index (Phi) is 6.25. The smallest absolute Gasteiger partial charge is 0.249 e. The van der Waals surface area contributed by atoms with Gasteiger partial charge in [0.15, 0.2) is 5.82 Å². The molecule has 33 heavy (non-hydrogen) atoms. The molecular weight excluding hydrogens is 414 g/mol. The Hall–Kier alpha value is -2.64. The zero-order valence-corrected chi connectivity index (χ0v) is 20.0. The number of likely N-dealkylation sites (tertiary alicyclic amines) is 1. The maximum atomic E-state index is 12.9. The van der Waals surface area contributed by atoms with Crippen molar-refractivity contribution in [2.75, 3.05) is 55.5 Å². The van der Waals surface area contributed by atoms with Crippen LogP contribution in [0.3, 0.4) is 0 Å². The second-order valence-electron chi connectivity index (χ2n) is 9.69. The van der Waals surface area contributed by atoms with Crippen molar-refractivity contribution in [3.8, 4) is 0 Å². The zero-order chi connectivity index (χ0) is 22.9. The van der Waals surface area contributed by atoms with Crippen molar-refractivity contribution in [1.29, 1.82) is 0 Å². The number of carbonyl (C=O) groups is 1. The first kappa shape index (κ1) is 22.2. The lowest BCUT2D eigenvalue weighted by Gasteiger charge is -2.44. The van der Waals surface area contributed by atoms with Crippen molar-refractivity contribution < 1.29 is 9.53 Å². The molecule has 0 spiro atoms. The van der Waals surface area contributed by atoms with Gasteiger partial charge < -0.3 is 24.8 Å². The largest absolute Gasteiger partial charge is 0.381 e. The molecule has 1 amide bonds. The fourth-order valence-corrected chi connectivity index (χ4v) is 5.44. The number of benzene rings is 1. The summed E-state index contributed by atoms with van der Waals surface area (Å²) in [5.41, 5.74) is 3.32. The number of rotatable bonds is 4. The molecule has 0 radical (unpaired) electrons. The summed E-state index contributed by atoms with van der Waals surface area (Å²) in [5.74, 6) is 2.44. The summed E-state index contributed by atoms with van der Waals surface area (Å²) in [6.45, 7) is 5.79. The minimum Gasteiger partial charge on any atom is -0.381 e. The van der Waals surface area contributed by atoms with E-state index in [1.54, 1.807) is 4.90 Å². The molecular formula is C26H35N5O2. The highest BCUT2D eigenvalue weighted by Crippen LogP contribution is 2.38. The van der Waals surface area contributed by atoms with E-state index in [9.17, 15) is 4.79 Å². The summed E-state index contributed by atoms with van der Waals surface area (Å²) in [6, 6.07) is 12.8. The van der Waals surface area contributed by atoms with Crippen LogP contribution in [0.15, 0.2) is 36.4 Å². The van der Waals surface area contributed by atoms with Crippen molar-refractivity contribution in [1.82, 2.24) is 9.88 Å². The van der Waals surface area contributed by atoms with E-state index in [0.717, 1.165) is 49.1 Å². The molecule has 4 heterocycles. The van der Waals surface area contributed by atoms with E-state index in [0.29, 0.717) is 5.92 Å². The molecule has 7 heteroatoms. The van der Waals surface area contributed by atoms with E-state index in [-0.39, 0.29) is 18.0 Å². The summed E-state index contributed by atoms with van der Waals surface area (Å²) in [4.78, 5) is 24.3. The van der Waals surface area contributed by atoms with Crippen LogP contribution in [0.5, 0.6) is 0 Å². The standard InChI is InChI=1S/C26H35N5O2/c1-18-26(32)30(3)23-8-9-24(28-25(23)31(18)22-12-16-33-17-13-22)27-21-6-4-19(5-7-21)20-10-14-29(2)15-11-20/h4-9,18,20,22H,10-17H2,1-3H3,(H,27,28)/t18-/m1/s1. The Morgan fingerprint density at radius 3 is 2.36 bits per heavy atom. The van der Waals surface area contributed by atoms with Gasteiger partial charge in [0.05, 0.1) is 5.69 Å². The number of hydrogen-bond acceptors (Lipinski definition) is 6. The third kappa shape index (κ3) is 4.44. The lowest BCUT2D eigenvalue weighted by Crippen LogP contribution is -2.56. The number of anilines is 4. The molecule has 3 aliphatic rings. The van der Waals surface area contributed by atoms with E-state index < -0.39 is 0 Å². The predicted molar refractivity (Wildman–Crippen MR) is 133 cm³/mol. The Bertz CT molecular complexity index is 981. The number of aromatic nitrogens is 1. The van der Waals surface area contributed by atoms with Gasteiger partial charge in [-0.15, -0.1) is 0 Å². The van der Waals surface area contributed by atoms with Gasteiger partial charge in [-0.05, 0) is 88.5 Å². The number of piperidine rings is 1. The number of pyridine rings is 1. The van der Waals surface area contributed by atoms with Crippen LogP contribution in [-0.4, -0.2) is 68.3 Å². The molecule has 0 bridgehead atoms. The van der Waals surface area contributed by atoms with E-state index in [4.69, 9.17) is 9.72 Å². The number of fused-ring (bicyclic) bond motifs is 1. The number of carbonyl (C=O) groups excluding carboxylic acids is 1. The topological polar surface area (TPSA) is 60.9 Å². The minimum absolute atomic E-state index is 0.112. The van der Waals surface area contributed by atoms with Crippen LogP contribution in [0.25, 0.3) is 0 Å². The minimum atomic E-state index is -0.234. The monoisotopic (exact) mass is 449 g/mol. The molecule has 7 nitrogen and oxygen atoms in total. The van der Waals surface area contributed by atoms with Crippen LogP contribution in [-0.2, 0) is 9.53 Å². The van der Waals surface area contributed by atoms with Gasteiger partial charge in [-0.1, -0.05) is 12.1 Å². The first-order valence-corrected chi connectivity index (χ1v) is 12.2. The fraction of sp³-hybridized carbons (Fsp3) is 0.538. The van der Waals surface area contributed by atoms with Crippen LogP contribution in [0.2, 0.25) is 0 Å². The number of amides is 1. The second-order valence-corrected chi connectivity index (χ2v) is 9.69. The SMILES string of the molecule is C[C@@H]1C(=O)N(C)c2ccc(Nc3ccc(C4CCN(C)CC4)cc3)nc2N1C1CCOCC1. The predicted octanol–water partition coefficient (Wildman–Crippen LogP) is 3.98. The number of nitrogens with zero attached hydrogens (tertiary/aromatic N) is 4. The van der Waals surface area contributed by atoms with Crippen molar-refractivity contribution in [3.63, 3.8) is 0 Å². The Balaban J connectivity index is 1.37. The quantitative estimate of drug-likeness (QED) is 0.762. The van der Waals surface area contributed by atoms with Crippen molar-refractivity contribution in [3.05, 3.63) is 42.0 Å². The van der Waals surface area contributed by atoms with E-state index in [2.05, 4.69) is 46.4 Å². The number of hydrogen-bond donors (Lipinski definition) is 1. The van der Waals surface area contributed by atoms with Crippen LogP contribution in [0.4, 0.5) is 23.0 Å². The van der Waals surface area contributed by atoms with Crippen LogP contribution in [0, 0.1) is 0 Å². The number of nitrogens with one attached hydrogen (secondary N) is 1. The van der Waals surface area contributed by atoms with Gasteiger partial charge in [-0.25, -0.2) is 4.98 Å². The van der Waals surface area contributed by atoms with Crippen LogP contribution < -0.4 is 15.1 Å². The third-order valence-electron chi connectivity index (χ3n) is 7.52. The summed E-state index contributed by atoms with van der Waals surface area (Å²) in [5, 5.41) is 3.48. The van der Waals surface area contributed by atoms with Crippen LogP contribution in [0.1, 0.15) is 44.1 Å². The molecule has 0 aliphatic carbocycles. The molecule has 0 saturated carbocycles. The molecule has 0 unspecified atom stereocenters. The molecule has 2 aromatic rings. The van der Waals surface area contributed by atoms with Gasteiger partial charge in [-0.2, -0.15) is 0 Å². The highest BCUT2D eigenvalue weighted by atomic mass is 16.5. The fourth-order valence-electron chi connectivity index (χ4n) is 5.44. The van der Waals surface area contributed by atoms with Gasteiger partial charge in [0.2, 0.25) is 5.91 Å². The number of ether oxygens (including phenoxy) is 1. The van der Waals surface area contributed by atoms with Gasteiger partial charge in [0.1, 0.15) is 11.9 Å². The molecule has 2 fully saturated rings. The second kappa shape index (κ2) is 9.31. The first-order chi connectivity index (χ1) is 16.0. The maximum Gasteiger partial charge on any atom is 0.249 e. The summed E-state index contributed by atoms with van der Waals surface area (Å²) in [6.07, 6.45) is 4.28. The zero-order valence-electron chi connectivity index (χ0n) is 20.0. The Labute approximate surface area is 196 Å². The summed E-state index contributed by atoms with van der Waals surface area (Å²) in [7, 11) is 4.04. The van der Waals surface area contributed by atoms with E-state index in [1.807, 2.05) is 26.1 Å². The summed E-state index contributed by atoms with van der Waals surface area (Å²) < 4.78 is 5.57. The van der Waals surface area contributed by atoms with Crippen molar-refractivity contribution in [2.24, 2.45) is 0 Å². The highest BCUT2D eigenvalue weighted by Gasteiger charge is 2.39. The molecule has 5 rings (SSSR count). The normalized spacial score (nSPS) is 23.0. The van der Waals surface area contributed by atoms with Crippen LogP contribution >= 0.6 is 0 Å². The maximum absolute atomic E-state index is 12.9. The molecule has 176 valence electrons. The molecule has 1 aromatic heterocycles. The van der Waals surface area contributed by atoms with Crippen molar-refractivity contribution in [2.45, 2.75) is 50.6 Å². The highest BCUT2D eigenvalue weighted by molar-refractivity contribution is 6.04. The average Bonchev–Trinajstić information content (AvgIpc) is 2.84. The molecule has 3 aliphatic heterocycles. The molecule has 2 saturated heterocycles. The van der Waals surface area contributed by atoms with E-state index in [1.165, 1.54) is 31.5 Å². The lowest BCUT2D eigenvalue weighted by molar-refractivity contribution is -0.119. The van der Waals surface area contributed by atoms with Gasteiger partial charge in [0, 0.05) is 32.0 Å². The first-order valence-electron chi connectivity index (χ1n) is 12.2. The van der Waals surface area contributed by atoms with E-state index >= 15 is 0 Å². The molecule has 1 N–H and O–H groups in total. The Morgan fingerprint density at radius 2 is 1.67 bits per heavy atom. The average molecular weight is 450 g/mol. The third-order valence-corrected chi connectivity index (χ3v) is 7.52. The van der Waals surface area contributed by atoms with Gasteiger partial charge in [0.25, 0.3) is 0 Å². The number of likely N-dealkylation sites (N-methyl/N-ethyl adjacent to an activating group) is 1.